The number of nitrogens with two attached hydrogens (primary N) is 1. The van der Waals surface area contributed by atoms with Gasteiger partial charge < -0.3 is 10.5 Å². The number of hydrogen-bond acceptors (Lipinski definition) is 2. The molecule has 0 spiro atoms. The number of methoxy groups -OCH3 is 1. The summed E-state index contributed by atoms with van der Waals surface area (Å²) >= 11 is 3.58. The highest BCUT2D eigenvalue weighted by atomic mass is 79.9. The highest BCUT2D eigenvalue weighted by Gasteiger charge is 2.17. The summed E-state index contributed by atoms with van der Waals surface area (Å²) in [5, 5.41) is 0. The van der Waals surface area contributed by atoms with E-state index in [-0.39, 0.29) is 5.54 Å². The Hall–Kier alpha value is -0.540. The van der Waals surface area contributed by atoms with Crippen molar-refractivity contribution in [2.75, 3.05) is 7.11 Å². The van der Waals surface area contributed by atoms with E-state index in [0.29, 0.717) is 0 Å². The Morgan fingerprint density at radius 3 is 2.38 bits per heavy atom. The van der Waals surface area contributed by atoms with Crippen molar-refractivity contribution in [1.29, 1.82) is 0 Å². The normalized spacial score (nSPS) is 11.7. The van der Waals surface area contributed by atoms with Crippen LogP contribution >= 0.6 is 15.9 Å². The van der Waals surface area contributed by atoms with Crippen LogP contribution in [0, 0.1) is 13.8 Å². The Morgan fingerprint density at radius 1 is 1.38 bits per heavy atom. The van der Waals surface area contributed by atoms with Crippen molar-refractivity contribution >= 4 is 15.9 Å². The van der Waals surface area contributed by atoms with Crippen LogP contribution in [0.3, 0.4) is 0 Å². The molecule has 1 aromatic carbocycles. The van der Waals surface area contributed by atoms with Crippen LogP contribution in [0.5, 0.6) is 5.75 Å². The van der Waals surface area contributed by atoms with Gasteiger partial charge in [0.2, 0.25) is 0 Å². The Bertz CT molecular complexity index is 394. The van der Waals surface area contributed by atoms with Crippen LogP contribution in [0.15, 0.2) is 10.5 Å². The van der Waals surface area contributed by atoms with Crippen molar-refractivity contribution in [2.24, 2.45) is 5.73 Å². The van der Waals surface area contributed by atoms with E-state index in [1.807, 2.05) is 13.8 Å². The molecule has 0 radical (unpaired) electrons. The Labute approximate surface area is 106 Å². The zero-order valence-corrected chi connectivity index (χ0v) is 12.2. The molecule has 0 saturated heterocycles. The molecule has 2 N–H and O–H groups in total. The lowest BCUT2D eigenvalue weighted by Gasteiger charge is -2.22. The summed E-state index contributed by atoms with van der Waals surface area (Å²) < 4.78 is 6.40. The van der Waals surface area contributed by atoms with Gasteiger partial charge in [0, 0.05) is 5.54 Å². The maximum Gasteiger partial charge on any atom is 0.136 e. The summed E-state index contributed by atoms with van der Waals surface area (Å²) in [5.41, 5.74) is 9.49. The molecular weight excluding hydrogens is 266 g/mol. The molecule has 0 atom stereocenters. The summed E-state index contributed by atoms with van der Waals surface area (Å²) in [6.07, 6.45) is 0.863. The van der Waals surface area contributed by atoms with E-state index in [1.165, 1.54) is 11.1 Å². The van der Waals surface area contributed by atoms with Gasteiger partial charge in [-0.2, -0.15) is 0 Å². The lowest BCUT2D eigenvalue weighted by molar-refractivity contribution is 0.408. The van der Waals surface area contributed by atoms with Gasteiger partial charge in [0.25, 0.3) is 0 Å². The quantitative estimate of drug-likeness (QED) is 0.924. The summed E-state index contributed by atoms with van der Waals surface area (Å²) in [6, 6.07) is 2.16. The monoisotopic (exact) mass is 285 g/mol. The van der Waals surface area contributed by atoms with Gasteiger partial charge in [-0.25, -0.2) is 0 Å². The highest BCUT2D eigenvalue weighted by molar-refractivity contribution is 9.10. The second-order valence-corrected chi connectivity index (χ2v) is 5.78. The van der Waals surface area contributed by atoms with Crippen LogP contribution in [0.4, 0.5) is 0 Å². The standard InChI is InChI=1S/C13H20BrNO/c1-8-6-10(7-13(3,4)15)9(2)11(14)12(8)16-5/h6H,7,15H2,1-5H3. The van der Waals surface area contributed by atoms with E-state index in [1.54, 1.807) is 7.11 Å². The number of aryl methyl sites for hydroxylation is 1. The third-order valence-electron chi connectivity index (χ3n) is 2.61. The molecule has 2 nitrogen and oxygen atoms in total. The fourth-order valence-corrected chi connectivity index (χ4v) is 2.57. The molecule has 3 heteroatoms. The van der Waals surface area contributed by atoms with Gasteiger partial charge >= 0.3 is 0 Å². The molecule has 0 amide bonds. The number of hydrogen-bond donors (Lipinski definition) is 1. The van der Waals surface area contributed by atoms with E-state index in [4.69, 9.17) is 10.5 Å². The van der Waals surface area contributed by atoms with Crippen molar-refractivity contribution in [2.45, 2.75) is 39.7 Å². The molecule has 0 bridgehead atoms. The summed E-state index contributed by atoms with van der Waals surface area (Å²) in [5.74, 6) is 0.913. The molecule has 16 heavy (non-hydrogen) atoms. The van der Waals surface area contributed by atoms with Crippen LogP contribution in [0.1, 0.15) is 30.5 Å². The van der Waals surface area contributed by atoms with Crippen molar-refractivity contribution in [3.05, 3.63) is 27.2 Å². The fraction of sp³-hybridized carbons (Fsp3) is 0.538. The predicted molar refractivity (Wildman–Crippen MR) is 72.1 cm³/mol. The average molecular weight is 286 g/mol. The third-order valence-corrected chi connectivity index (χ3v) is 3.56. The van der Waals surface area contributed by atoms with Gasteiger partial charge in [-0.05, 0) is 66.7 Å². The molecule has 0 saturated carbocycles. The molecule has 1 rings (SSSR count). The topological polar surface area (TPSA) is 35.2 Å². The largest absolute Gasteiger partial charge is 0.495 e. The Kier molecular flexibility index (Phi) is 4.02. The van der Waals surface area contributed by atoms with E-state index in [9.17, 15) is 0 Å². The first kappa shape index (κ1) is 13.5. The molecule has 0 heterocycles. The molecule has 0 unspecified atom stereocenters. The van der Waals surface area contributed by atoms with Crippen LogP contribution in [0.2, 0.25) is 0 Å². The van der Waals surface area contributed by atoms with Gasteiger partial charge in [0.1, 0.15) is 5.75 Å². The SMILES string of the molecule is COc1c(C)cc(CC(C)(C)N)c(C)c1Br. The lowest BCUT2D eigenvalue weighted by atomic mass is 9.92. The average Bonchev–Trinajstić information content (AvgIpc) is 2.12. The number of benzene rings is 1. The molecule has 0 aromatic heterocycles. The molecule has 0 aliphatic carbocycles. The molecule has 90 valence electrons. The van der Waals surface area contributed by atoms with Gasteiger partial charge in [-0.3, -0.25) is 0 Å². The van der Waals surface area contributed by atoms with E-state index < -0.39 is 0 Å². The number of ether oxygens (including phenoxy) is 1. The first-order valence-electron chi connectivity index (χ1n) is 5.37. The molecule has 0 fully saturated rings. The molecule has 0 aliphatic rings. The molecule has 1 aromatic rings. The van der Waals surface area contributed by atoms with E-state index in [0.717, 1.165) is 22.2 Å². The maximum absolute atomic E-state index is 6.06. The Morgan fingerprint density at radius 2 is 1.94 bits per heavy atom. The molecule has 0 aliphatic heterocycles. The number of halogens is 1. The van der Waals surface area contributed by atoms with Crippen molar-refractivity contribution in [1.82, 2.24) is 0 Å². The first-order valence-corrected chi connectivity index (χ1v) is 6.17. The minimum atomic E-state index is -0.189. The minimum absolute atomic E-state index is 0.189. The second kappa shape index (κ2) is 4.76. The van der Waals surface area contributed by atoms with Gasteiger partial charge in [-0.1, -0.05) is 6.07 Å². The lowest BCUT2D eigenvalue weighted by Crippen LogP contribution is -2.34. The van der Waals surface area contributed by atoms with Crippen LogP contribution in [-0.4, -0.2) is 12.6 Å². The van der Waals surface area contributed by atoms with Gasteiger partial charge in [0.15, 0.2) is 0 Å². The smallest absolute Gasteiger partial charge is 0.136 e. The Balaban J connectivity index is 3.23. The van der Waals surface area contributed by atoms with Crippen LogP contribution in [0.25, 0.3) is 0 Å². The van der Waals surface area contributed by atoms with Crippen LogP contribution in [-0.2, 0) is 6.42 Å². The van der Waals surface area contributed by atoms with E-state index in [2.05, 4.69) is 35.8 Å². The zero-order chi connectivity index (χ0) is 12.5. The number of rotatable bonds is 3. The summed E-state index contributed by atoms with van der Waals surface area (Å²) in [7, 11) is 1.69. The van der Waals surface area contributed by atoms with Crippen molar-refractivity contribution < 1.29 is 4.74 Å². The molecular formula is C13H20BrNO. The van der Waals surface area contributed by atoms with Crippen molar-refractivity contribution in [3.63, 3.8) is 0 Å². The third kappa shape index (κ3) is 2.98. The van der Waals surface area contributed by atoms with Crippen LogP contribution < -0.4 is 10.5 Å². The second-order valence-electron chi connectivity index (χ2n) is 4.99. The maximum atomic E-state index is 6.06. The van der Waals surface area contributed by atoms with Gasteiger partial charge in [0.05, 0.1) is 11.6 Å². The van der Waals surface area contributed by atoms with Crippen molar-refractivity contribution in [3.8, 4) is 5.75 Å². The summed E-state index contributed by atoms with van der Waals surface area (Å²) in [6.45, 7) is 8.23. The first-order chi connectivity index (χ1) is 7.26. The zero-order valence-electron chi connectivity index (χ0n) is 10.6. The predicted octanol–water partition coefficient (Wildman–Crippen LogP) is 3.35. The minimum Gasteiger partial charge on any atom is -0.495 e. The van der Waals surface area contributed by atoms with Gasteiger partial charge in [-0.15, -0.1) is 0 Å². The van der Waals surface area contributed by atoms with E-state index >= 15 is 0 Å². The highest BCUT2D eigenvalue weighted by Crippen LogP contribution is 2.34. The fourth-order valence-electron chi connectivity index (χ4n) is 1.84. The summed E-state index contributed by atoms with van der Waals surface area (Å²) in [4.78, 5) is 0.